The molecule has 1 amide bonds. The summed E-state index contributed by atoms with van der Waals surface area (Å²) in [6.45, 7) is 2.39. The molecule has 0 radical (unpaired) electrons. The zero-order chi connectivity index (χ0) is 26.5. The lowest BCUT2D eigenvalue weighted by Gasteiger charge is -2.24. The first-order valence-corrected chi connectivity index (χ1v) is 11.9. The second-order valence-electron chi connectivity index (χ2n) is 9.02. The van der Waals surface area contributed by atoms with E-state index in [-0.39, 0.29) is 28.3 Å². The third-order valence-corrected chi connectivity index (χ3v) is 6.46. The summed E-state index contributed by atoms with van der Waals surface area (Å²) in [5.74, 6) is -0.684. The van der Waals surface area contributed by atoms with Crippen molar-refractivity contribution in [2.75, 3.05) is 50.1 Å². The molecule has 1 fully saturated rings. The van der Waals surface area contributed by atoms with E-state index in [4.69, 9.17) is 5.26 Å². The van der Waals surface area contributed by atoms with Gasteiger partial charge in [-0.25, -0.2) is 0 Å². The molecule has 0 atom stereocenters. The average molecular weight is 498 g/mol. The van der Waals surface area contributed by atoms with E-state index in [0.29, 0.717) is 30.9 Å². The van der Waals surface area contributed by atoms with E-state index < -0.39 is 10.7 Å². The van der Waals surface area contributed by atoms with Crippen molar-refractivity contribution in [1.82, 2.24) is 4.90 Å². The zero-order valence-corrected chi connectivity index (χ0v) is 20.8. The SMILES string of the molecule is CN(C)c1ccc(C(=O)c2ccccc2C(=O)N2CCCN(c3ccc(C#N)cc3)CC2)cc1[N+](=O)[O-]. The minimum absolute atomic E-state index is 0.153. The van der Waals surface area contributed by atoms with Crippen LogP contribution in [0.4, 0.5) is 17.1 Å². The van der Waals surface area contributed by atoms with Gasteiger partial charge in [0.2, 0.25) is 0 Å². The molecule has 0 bridgehead atoms. The Morgan fingerprint density at radius 2 is 1.65 bits per heavy atom. The number of rotatable bonds is 6. The van der Waals surface area contributed by atoms with Gasteiger partial charge in [-0.3, -0.25) is 19.7 Å². The maximum Gasteiger partial charge on any atom is 0.293 e. The van der Waals surface area contributed by atoms with Gasteiger partial charge in [-0.05, 0) is 48.9 Å². The number of carbonyl (C=O) groups is 2. The van der Waals surface area contributed by atoms with E-state index in [0.717, 1.165) is 18.7 Å². The Labute approximate surface area is 215 Å². The number of nitro benzene ring substituents is 1. The van der Waals surface area contributed by atoms with E-state index in [1.165, 1.54) is 6.07 Å². The molecule has 9 nitrogen and oxygen atoms in total. The molecule has 0 N–H and O–H groups in total. The minimum Gasteiger partial charge on any atom is -0.372 e. The van der Waals surface area contributed by atoms with Crippen LogP contribution in [0.1, 0.15) is 38.3 Å². The predicted octanol–water partition coefficient (Wildman–Crippen LogP) is 4.12. The molecular formula is C28H27N5O4. The Kier molecular flexibility index (Phi) is 7.49. The number of benzene rings is 3. The lowest BCUT2D eigenvalue weighted by Crippen LogP contribution is -2.36. The fourth-order valence-corrected chi connectivity index (χ4v) is 4.51. The number of ketones is 1. The summed E-state index contributed by atoms with van der Waals surface area (Å²) in [6, 6.07) is 20.5. The Bertz CT molecular complexity index is 1380. The van der Waals surface area contributed by atoms with Crippen LogP contribution >= 0.6 is 0 Å². The Balaban J connectivity index is 1.56. The minimum atomic E-state index is -0.514. The van der Waals surface area contributed by atoms with Crippen LogP contribution in [0.3, 0.4) is 0 Å². The molecule has 0 spiro atoms. The molecule has 1 aliphatic rings. The number of nitro groups is 1. The molecule has 9 heteroatoms. The van der Waals surface area contributed by atoms with E-state index in [1.54, 1.807) is 72.4 Å². The maximum atomic E-state index is 13.6. The van der Waals surface area contributed by atoms with Crippen molar-refractivity contribution in [2.24, 2.45) is 0 Å². The summed E-state index contributed by atoms with van der Waals surface area (Å²) in [4.78, 5) is 43.6. The number of hydrogen-bond donors (Lipinski definition) is 0. The lowest BCUT2D eigenvalue weighted by atomic mass is 9.96. The largest absolute Gasteiger partial charge is 0.372 e. The van der Waals surface area contributed by atoms with Gasteiger partial charge in [0.1, 0.15) is 5.69 Å². The second-order valence-corrected chi connectivity index (χ2v) is 9.02. The molecule has 0 unspecified atom stereocenters. The van der Waals surface area contributed by atoms with Gasteiger partial charge in [0.15, 0.2) is 5.78 Å². The standard InChI is InChI=1S/C28H27N5O4/c1-30(2)25-13-10-21(18-26(25)33(36)37)27(34)23-6-3-4-7-24(23)28(35)32-15-5-14-31(16-17-32)22-11-8-20(19-29)9-12-22/h3-4,6-13,18H,5,14-17H2,1-2H3. The summed E-state index contributed by atoms with van der Waals surface area (Å²) >= 11 is 0. The summed E-state index contributed by atoms with van der Waals surface area (Å²) in [5.41, 5.74) is 2.45. The molecule has 1 saturated heterocycles. The van der Waals surface area contributed by atoms with E-state index >= 15 is 0 Å². The average Bonchev–Trinajstić information content (AvgIpc) is 3.18. The van der Waals surface area contributed by atoms with Crippen molar-refractivity contribution < 1.29 is 14.5 Å². The van der Waals surface area contributed by atoms with Gasteiger partial charge in [0.05, 0.1) is 22.1 Å². The number of nitriles is 1. The first-order chi connectivity index (χ1) is 17.8. The highest BCUT2D eigenvalue weighted by atomic mass is 16.6. The Morgan fingerprint density at radius 3 is 2.30 bits per heavy atom. The van der Waals surface area contributed by atoms with E-state index in [1.807, 2.05) is 12.1 Å². The fraction of sp³-hybridized carbons (Fsp3) is 0.250. The molecule has 3 aromatic rings. The van der Waals surface area contributed by atoms with Crippen LogP contribution in [0.5, 0.6) is 0 Å². The molecule has 3 aromatic carbocycles. The van der Waals surface area contributed by atoms with Crippen molar-refractivity contribution in [1.29, 1.82) is 5.26 Å². The van der Waals surface area contributed by atoms with Crippen LogP contribution in [-0.4, -0.2) is 61.8 Å². The van der Waals surface area contributed by atoms with E-state index in [2.05, 4.69) is 11.0 Å². The number of anilines is 2. The van der Waals surface area contributed by atoms with Crippen LogP contribution in [0.2, 0.25) is 0 Å². The molecule has 188 valence electrons. The van der Waals surface area contributed by atoms with Crippen LogP contribution < -0.4 is 9.80 Å². The first-order valence-electron chi connectivity index (χ1n) is 11.9. The Morgan fingerprint density at radius 1 is 0.946 bits per heavy atom. The smallest absolute Gasteiger partial charge is 0.293 e. The highest BCUT2D eigenvalue weighted by Gasteiger charge is 2.26. The van der Waals surface area contributed by atoms with Crippen LogP contribution in [0, 0.1) is 21.4 Å². The van der Waals surface area contributed by atoms with Crippen molar-refractivity contribution in [2.45, 2.75) is 6.42 Å². The topological polar surface area (TPSA) is 111 Å². The molecule has 1 heterocycles. The predicted molar refractivity (Wildman–Crippen MR) is 141 cm³/mol. The quantitative estimate of drug-likeness (QED) is 0.286. The van der Waals surface area contributed by atoms with E-state index in [9.17, 15) is 19.7 Å². The second kappa shape index (κ2) is 10.9. The monoisotopic (exact) mass is 497 g/mol. The van der Waals surface area contributed by atoms with Gasteiger partial charge >= 0.3 is 0 Å². The third kappa shape index (κ3) is 5.43. The highest BCUT2D eigenvalue weighted by Crippen LogP contribution is 2.29. The summed E-state index contributed by atoms with van der Waals surface area (Å²) in [5, 5.41) is 20.6. The van der Waals surface area contributed by atoms with Crippen molar-refractivity contribution >= 4 is 28.8 Å². The van der Waals surface area contributed by atoms with Gasteiger partial charge in [-0.2, -0.15) is 5.26 Å². The zero-order valence-electron chi connectivity index (χ0n) is 20.8. The molecule has 37 heavy (non-hydrogen) atoms. The molecule has 0 aliphatic carbocycles. The van der Waals surface area contributed by atoms with Gasteiger partial charge < -0.3 is 14.7 Å². The Hall–Kier alpha value is -4.71. The van der Waals surface area contributed by atoms with Gasteiger partial charge in [-0.15, -0.1) is 0 Å². The number of nitrogens with zero attached hydrogens (tertiary/aromatic N) is 5. The molecule has 4 rings (SSSR count). The van der Waals surface area contributed by atoms with Gasteiger partial charge in [-0.1, -0.05) is 18.2 Å². The van der Waals surface area contributed by atoms with Gasteiger partial charge in [0.25, 0.3) is 11.6 Å². The van der Waals surface area contributed by atoms with Gasteiger partial charge in [0, 0.05) is 63.2 Å². The number of carbonyl (C=O) groups excluding carboxylic acids is 2. The summed E-state index contributed by atoms with van der Waals surface area (Å²) in [7, 11) is 3.39. The molecular weight excluding hydrogens is 470 g/mol. The van der Waals surface area contributed by atoms with Crippen LogP contribution in [0.25, 0.3) is 0 Å². The van der Waals surface area contributed by atoms with Crippen molar-refractivity contribution in [3.05, 3.63) is 99.1 Å². The normalized spacial score (nSPS) is 13.4. The van der Waals surface area contributed by atoms with Crippen molar-refractivity contribution in [3.63, 3.8) is 0 Å². The summed E-state index contributed by atoms with van der Waals surface area (Å²) < 4.78 is 0. The summed E-state index contributed by atoms with van der Waals surface area (Å²) in [6.07, 6.45) is 0.750. The van der Waals surface area contributed by atoms with Crippen LogP contribution in [-0.2, 0) is 0 Å². The molecule has 1 aliphatic heterocycles. The highest BCUT2D eigenvalue weighted by molar-refractivity contribution is 6.15. The number of amides is 1. The van der Waals surface area contributed by atoms with Crippen molar-refractivity contribution in [3.8, 4) is 6.07 Å². The maximum absolute atomic E-state index is 13.6. The molecule has 0 saturated carbocycles. The number of hydrogen-bond acceptors (Lipinski definition) is 7. The lowest BCUT2D eigenvalue weighted by molar-refractivity contribution is -0.384. The first kappa shape index (κ1) is 25.4. The molecule has 0 aromatic heterocycles. The fourth-order valence-electron chi connectivity index (χ4n) is 4.51. The van der Waals surface area contributed by atoms with Crippen LogP contribution in [0.15, 0.2) is 66.7 Å². The third-order valence-electron chi connectivity index (χ3n) is 6.46.